The third kappa shape index (κ3) is 6.62. The van der Waals surface area contributed by atoms with Crippen molar-refractivity contribution in [1.29, 1.82) is 0 Å². The molecule has 1 aliphatic heterocycles. The standard InChI is InChI=1S/C26H25ClN6O4/c1-2-22(34)31-21-14-29-26(33(25(21)36)15-16-6-8-17(27)9-7-16)30-18-10-12-19(13-11-18)37-23-5-3-4-20(32-23)24(28)35/h3-13,21H,2,14-15H2,1H3,(H2,28,35)(H,29,30)(H,31,34). The molecule has 4 rings (SSSR count). The number of ether oxygens (including phenoxy) is 1. The number of halogens is 1. The molecular formula is C26H25ClN6O4. The topological polar surface area (TPSA) is 139 Å². The van der Waals surface area contributed by atoms with Gasteiger partial charge in [-0.2, -0.15) is 0 Å². The van der Waals surface area contributed by atoms with Crippen molar-refractivity contribution in [2.24, 2.45) is 10.7 Å². The number of aromatic nitrogens is 1. The maximum absolute atomic E-state index is 13.3. The van der Waals surface area contributed by atoms with E-state index in [1.165, 1.54) is 11.0 Å². The van der Waals surface area contributed by atoms with Crippen LogP contribution in [0.4, 0.5) is 5.69 Å². The summed E-state index contributed by atoms with van der Waals surface area (Å²) in [4.78, 5) is 46.6. The average Bonchev–Trinajstić information content (AvgIpc) is 2.90. The molecule has 1 unspecified atom stereocenters. The maximum Gasteiger partial charge on any atom is 0.267 e. The van der Waals surface area contributed by atoms with E-state index in [0.29, 0.717) is 22.4 Å². The number of guanidine groups is 1. The van der Waals surface area contributed by atoms with Crippen LogP contribution in [0.2, 0.25) is 5.02 Å². The molecular weight excluding hydrogens is 496 g/mol. The van der Waals surface area contributed by atoms with Gasteiger partial charge in [0.15, 0.2) is 0 Å². The fourth-order valence-corrected chi connectivity index (χ4v) is 3.66. The first-order chi connectivity index (χ1) is 17.8. The number of benzene rings is 2. The molecule has 3 aromatic rings. The molecule has 37 heavy (non-hydrogen) atoms. The van der Waals surface area contributed by atoms with Crippen molar-refractivity contribution in [1.82, 2.24) is 15.2 Å². The molecule has 1 atom stereocenters. The molecule has 1 aromatic heterocycles. The van der Waals surface area contributed by atoms with E-state index < -0.39 is 11.9 Å². The summed E-state index contributed by atoms with van der Waals surface area (Å²) in [6.45, 7) is 2.08. The number of primary amides is 1. The summed E-state index contributed by atoms with van der Waals surface area (Å²) >= 11 is 6.00. The number of pyridine rings is 1. The number of carbonyl (C=O) groups excluding carboxylic acids is 3. The molecule has 190 valence electrons. The number of nitrogens with one attached hydrogen (secondary N) is 2. The fourth-order valence-electron chi connectivity index (χ4n) is 3.53. The summed E-state index contributed by atoms with van der Waals surface area (Å²) < 4.78 is 5.71. The van der Waals surface area contributed by atoms with Gasteiger partial charge in [-0.25, -0.2) is 9.98 Å². The molecule has 2 aromatic carbocycles. The predicted octanol–water partition coefficient (Wildman–Crippen LogP) is 3.33. The first kappa shape index (κ1) is 25.6. The van der Waals surface area contributed by atoms with E-state index >= 15 is 0 Å². The smallest absolute Gasteiger partial charge is 0.267 e. The molecule has 0 spiro atoms. The van der Waals surface area contributed by atoms with Crippen LogP contribution in [-0.2, 0) is 16.1 Å². The number of aliphatic imine (C=N–C) groups is 1. The number of rotatable bonds is 8. The zero-order valence-electron chi connectivity index (χ0n) is 20.0. The molecule has 0 bridgehead atoms. The lowest BCUT2D eigenvalue weighted by Crippen LogP contribution is -2.56. The van der Waals surface area contributed by atoms with Crippen molar-refractivity contribution in [2.45, 2.75) is 25.9 Å². The summed E-state index contributed by atoms with van der Waals surface area (Å²) in [5.41, 5.74) is 6.88. The van der Waals surface area contributed by atoms with Crippen molar-refractivity contribution in [2.75, 3.05) is 11.9 Å². The van der Waals surface area contributed by atoms with Crippen LogP contribution in [0.15, 0.2) is 71.7 Å². The summed E-state index contributed by atoms with van der Waals surface area (Å²) in [5, 5.41) is 6.50. The van der Waals surface area contributed by atoms with Crippen molar-refractivity contribution in [3.05, 3.63) is 83.0 Å². The van der Waals surface area contributed by atoms with E-state index in [0.717, 1.165) is 5.56 Å². The molecule has 0 radical (unpaired) electrons. The van der Waals surface area contributed by atoms with Crippen LogP contribution in [-0.4, -0.2) is 46.2 Å². The second-order valence-corrected chi connectivity index (χ2v) is 8.60. The monoisotopic (exact) mass is 520 g/mol. The van der Waals surface area contributed by atoms with Gasteiger partial charge in [0.05, 0.1) is 13.1 Å². The Morgan fingerprint density at radius 3 is 2.51 bits per heavy atom. The van der Waals surface area contributed by atoms with Crippen molar-refractivity contribution >= 4 is 41.0 Å². The molecule has 10 nitrogen and oxygen atoms in total. The van der Waals surface area contributed by atoms with E-state index in [9.17, 15) is 14.4 Å². The highest BCUT2D eigenvalue weighted by Crippen LogP contribution is 2.23. The van der Waals surface area contributed by atoms with Gasteiger partial charge in [0.2, 0.25) is 17.7 Å². The van der Waals surface area contributed by atoms with Gasteiger partial charge in [-0.15, -0.1) is 0 Å². The zero-order valence-corrected chi connectivity index (χ0v) is 20.7. The average molecular weight is 521 g/mol. The van der Waals surface area contributed by atoms with E-state index in [2.05, 4.69) is 20.6 Å². The van der Waals surface area contributed by atoms with Crippen LogP contribution in [0.3, 0.4) is 0 Å². The Morgan fingerprint density at radius 1 is 1.11 bits per heavy atom. The molecule has 0 fully saturated rings. The lowest BCUT2D eigenvalue weighted by Gasteiger charge is -2.32. The lowest BCUT2D eigenvalue weighted by atomic mass is 10.1. The van der Waals surface area contributed by atoms with Crippen LogP contribution < -0.4 is 21.1 Å². The molecule has 0 aliphatic carbocycles. The van der Waals surface area contributed by atoms with E-state index in [1.807, 2.05) is 12.1 Å². The quantitative estimate of drug-likeness (QED) is 0.416. The van der Waals surface area contributed by atoms with Crippen LogP contribution in [0.25, 0.3) is 0 Å². The molecule has 11 heteroatoms. The normalized spacial score (nSPS) is 15.1. The SMILES string of the molecule is CCC(=O)NC1CN=C(Nc2ccc(Oc3cccc(C(N)=O)n3)cc2)N(Cc2ccc(Cl)cc2)C1=O. The van der Waals surface area contributed by atoms with Crippen LogP contribution in [0, 0.1) is 0 Å². The Kier molecular flexibility index (Phi) is 7.99. The second-order valence-electron chi connectivity index (χ2n) is 8.17. The highest BCUT2D eigenvalue weighted by Gasteiger charge is 2.33. The van der Waals surface area contributed by atoms with E-state index in [4.69, 9.17) is 22.1 Å². The third-order valence-electron chi connectivity index (χ3n) is 5.46. The Morgan fingerprint density at radius 2 is 1.84 bits per heavy atom. The Balaban J connectivity index is 1.50. The first-order valence-corrected chi connectivity index (χ1v) is 11.9. The maximum atomic E-state index is 13.3. The van der Waals surface area contributed by atoms with Crippen LogP contribution in [0.5, 0.6) is 11.6 Å². The minimum Gasteiger partial charge on any atom is -0.439 e. The molecule has 0 saturated carbocycles. The molecule has 1 aliphatic rings. The van der Waals surface area contributed by atoms with Gasteiger partial charge >= 0.3 is 0 Å². The summed E-state index contributed by atoms with van der Waals surface area (Å²) in [7, 11) is 0. The highest BCUT2D eigenvalue weighted by molar-refractivity contribution is 6.30. The van der Waals surface area contributed by atoms with Crippen molar-refractivity contribution < 1.29 is 19.1 Å². The number of hydrogen-bond donors (Lipinski definition) is 3. The number of amides is 3. The van der Waals surface area contributed by atoms with Gasteiger partial charge in [-0.05, 0) is 48.0 Å². The first-order valence-electron chi connectivity index (χ1n) is 11.5. The molecule has 2 heterocycles. The van der Waals surface area contributed by atoms with Crippen molar-refractivity contribution in [3.8, 4) is 11.6 Å². The van der Waals surface area contributed by atoms with E-state index in [-0.39, 0.29) is 42.9 Å². The number of nitrogens with zero attached hydrogens (tertiary/aromatic N) is 3. The molecule has 0 saturated heterocycles. The van der Waals surface area contributed by atoms with Crippen LogP contribution in [0.1, 0.15) is 29.4 Å². The lowest BCUT2D eigenvalue weighted by molar-refractivity contribution is -0.133. The van der Waals surface area contributed by atoms with Gasteiger partial charge in [0.1, 0.15) is 17.5 Å². The Labute approximate surface area is 218 Å². The Bertz CT molecular complexity index is 1330. The zero-order chi connectivity index (χ0) is 26.4. The van der Waals surface area contributed by atoms with E-state index in [1.54, 1.807) is 55.5 Å². The van der Waals surface area contributed by atoms with Gasteiger partial charge in [-0.1, -0.05) is 36.7 Å². The predicted molar refractivity (Wildman–Crippen MR) is 139 cm³/mol. The summed E-state index contributed by atoms with van der Waals surface area (Å²) in [5.74, 6) is -0.0633. The van der Waals surface area contributed by atoms with Gasteiger partial charge in [-0.3, -0.25) is 19.3 Å². The fraction of sp³-hybridized carbons (Fsp3) is 0.192. The summed E-state index contributed by atoms with van der Waals surface area (Å²) in [6, 6.07) is 18.1. The largest absolute Gasteiger partial charge is 0.439 e. The van der Waals surface area contributed by atoms with Gasteiger partial charge < -0.3 is 21.1 Å². The number of carbonyl (C=O) groups is 3. The number of nitrogens with two attached hydrogens (primary N) is 1. The van der Waals surface area contributed by atoms with Gasteiger partial charge in [0, 0.05) is 23.2 Å². The van der Waals surface area contributed by atoms with Gasteiger partial charge in [0.25, 0.3) is 11.8 Å². The number of anilines is 1. The van der Waals surface area contributed by atoms with Crippen LogP contribution >= 0.6 is 11.6 Å². The third-order valence-corrected chi connectivity index (χ3v) is 5.71. The minimum atomic E-state index is -0.746. The number of hydrogen-bond acceptors (Lipinski definition) is 7. The molecule has 4 N–H and O–H groups in total. The molecule has 3 amide bonds. The summed E-state index contributed by atoms with van der Waals surface area (Å²) in [6.07, 6.45) is 0.270. The van der Waals surface area contributed by atoms with Crippen molar-refractivity contribution in [3.63, 3.8) is 0 Å². The second kappa shape index (κ2) is 11.5. The minimum absolute atomic E-state index is 0.102. The highest BCUT2D eigenvalue weighted by atomic mass is 35.5. The Hall–Kier alpha value is -4.44.